The lowest BCUT2D eigenvalue weighted by Crippen LogP contribution is -1.98. The molecule has 1 heterocycles. The molecular weight excluding hydrogens is 244 g/mol. The minimum atomic E-state index is -0.564. The molecule has 0 saturated heterocycles. The summed E-state index contributed by atoms with van der Waals surface area (Å²) in [6.45, 7) is 0. The maximum absolute atomic E-state index is 13.7. The first kappa shape index (κ1) is 11.8. The van der Waals surface area contributed by atoms with Gasteiger partial charge in [-0.3, -0.25) is 4.98 Å². The van der Waals surface area contributed by atoms with Crippen LogP contribution in [0, 0.1) is 17.7 Å². The van der Waals surface area contributed by atoms with Crippen LogP contribution in [0.4, 0.5) is 8.78 Å². The quantitative estimate of drug-likeness (QED) is 0.675. The van der Waals surface area contributed by atoms with E-state index in [0.29, 0.717) is 0 Å². The van der Waals surface area contributed by atoms with E-state index in [4.69, 9.17) is 0 Å². The summed E-state index contributed by atoms with van der Waals surface area (Å²) >= 11 is 0. The molecule has 0 unspecified atom stereocenters. The van der Waals surface area contributed by atoms with Gasteiger partial charge in [-0.2, -0.15) is 0 Å². The Morgan fingerprint density at radius 1 is 1.05 bits per heavy atom. The zero-order valence-electron chi connectivity index (χ0n) is 10.0. The molecule has 0 aliphatic rings. The molecule has 0 aliphatic carbocycles. The fourth-order valence-corrected chi connectivity index (χ4v) is 2.18. The van der Waals surface area contributed by atoms with Crippen molar-refractivity contribution in [2.24, 2.45) is 0 Å². The van der Waals surface area contributed by atoms with Crippen LogP contribution in [-0.2, 0) is 6.42 Å². The largest absolute Gasteiger partial charge is 0.264 e. The molecule has 1 nitrogen and oxygen atoms in total. The van der Waals surface area contributed by atoms with E-state index in [1.165, 1.54) is 0 Å². The molecule has 0 spiro atoms. The fraction of sp³-hybridized carbons (Fsp3) is 0.0625. The van der Waals surface area contributed by atoms with Crippen LogP contribution in [0.2, 0.25) is 0 Å². The third-order valence-corrected chi connectivity index (χ3v) is 3.13. The average molecular weight is 254 g/mol. The Hall–Kier alpha value is -2.29. The number of hydrogen-bond acceptors (Lipinski definition) is 1. The minimum Gasteiger partial charge on any atom is -0.264 e. The maximum atomic E-state index is 13.7. The topological polar surface area (TPSA) is 12.9 Å². The van der Waals surface area contributed by atoms with Gasteiger partial charge in [0.25, 0.3) is 0 Å². The molecule has 1 aromatic heterocycles. The molecule has 93 valence electrons. The Bertz CT molecular complexity index is 712. The summed E-state index contributed by atoms with van der Waals surface area (Å²) in [4.78, 5) is 4.04. The SMILES string of the molecule is Fc1c[c]cc(F)c1Cc1cccc2cnccc12. The summed E-state index contributed by atoms with van der Waals surface area (Å²) in [5.74, 6) is -1.13. The maximum Gasteiger partial charge on any atom is 0.130 e. The van der Waals surface area contributed by atoms with E-state index in [0.717, 1.165) is 28.5 Å². The van der Waals surface area contributed by atoms with Crippen molar-refractivity contribution in [2.75, 3.05) is 0 Å². The first-order chi connectivity index (χ1) is 9.25. The molecule has 19 heavy (non-hydrogen) atoms. The number of benzene rings is 2. The highest BCUT2D eigenvalue weighted by molar-refractivity contribution is 5.85. The summed E-state index contributed by atoms with van der Waals surface area (Å²) in [6.07, 6.45) is 3.63. The van der Waals surface area contributed by atoms with Gasteiger partial charge in [-0.25, -0.2) is 8.78 Å². The molecule has 0 atom stereocenters. The van der Waals surface area contributed by atoms with E-state index in [-0.39, 0.29) is 12.0 Å². The number of fused-ring (bicyclic) bond motifs is 1. The van der Waals surface area contributed by atoms with Crippen LogP contribution >= 0.6 is 0 Å². The molecule has 2 aromatic carbocycles. The van der Waals surface area contributed by atoms with Crippen molar-refractivity contribution in [1.29, 1.82) is 0 Å². The summed E-state index contributed by atoms with van der Waals surface area (Å²) in [6, 6.07) is 12.3. The van der Waals surface area contributed by atoms with E-state index in [1.807, 2.05) is 24.3 Å². The average Bonchev–Trinajstić information content (AvgIpc) is 2.43. The fourth-order valence-electron chi connectivity index (χ4n) is 2.18. The monoisotopic (exact) mass is 254 g/mol. The van der Waals surface area contributed by atoms with E-state index < -0.39 is 11.6 Å². The highest BCUT2D eigenvalue weighted by Gasteiger charge is 2.10. The molecule has 3 heteroatoms. The number of nitrogens with zero attached hydrogens (tertiary/aromatic N) is 1. The number of hydrogen-bond donors (Lipinski definition) is 0. The Balaban J connectivity index is 2.11. The molecule has 0 amide bonds. The molecule has 3 rings (SSSR count). The second-order valence-electron chi connectivity index (χ2n) is 4.32. The van der Waals surface area contributed by atoms with Crippen LogP contribution in [0.25, 0.3) is 10.8 Å². The van der Waals surface area contributed by atoms with E-state index in [2.05, 4.69) is 11.1 Å². The van der Waals surface area contributed by atoms with Crippen molar-refractivity contribution < 1.29 is 8.78 Å². The number of rotatable bonds is 2. The smallest absolute Gasteiger partial charge is 0.130 e. The van der Waals surface area contributed by atoms with Crippen LogP contribution in [0.1, 0.15) is 11.1 Å². The molecule has 1 radical (unpaired) electrons. The van der Waals surface area contributed by atoms with Crippen LogP contribution < -0.4 is 0 Å². The van der Waals surface area contributed by atoms with Crippen molar-refractivity contribution in [3.05, 3.63) is 77.6 Å². The second-order valence-corrected chi connectivity index (χ2v) is 4.32. The van der Waals surface area contributed by atoms with Crippen LogP contribution in [-0.4, -0.2) is 4.98 Å². The van der Waals surface area contributed by atoms with Gasteiger partial charge >= 0.3 is 0 Å². The summed E-state index contributed by atoms with van der Waals surface area (Å²) in [5, 5.41) is 1.92. The molecular formula is C16H10F2N. The van der Waals surface area contributed by atoms with Gasteiger partial charge in [0.05, 0.1) is 0 Å². The summed E-state index contributed by atoms with van der Waals surface area (Å²) < 4.78 is 27.3. The highest BCUT2D eigenvalue weighted by atomic mass is 19.1. The molecule has 0 fully saturated rings. The van der Waals surface area contributed by atoms with Gasteiger partial charge < -0.3 is 0 Å². The lowest BCUT2D eigenvalue weighted by Gasteiger charge is -2.08. The van der Waals surface area contributed by atoms with E-state index in [1.54, 1.807) is 12.4 Å². The molecule has 3 aromatic rings. The van der Waals surface area contributed by atoms with Gasteiger partial charge in [0.1, 0.15) is 11.6 Å². The Labute approximate surface area is 109 Å². The standard InChI is InChI=1S/C16H10F2N/c17-15-5-2-6-16(18)14(15)9-11-3-1-4-12-10-19-8-7-13(11)12/h1,3-8,10H,9H2. The predicted molar refractivity (Wildman–Crippen MR) is 69.7 cm³/mol. The Morgan fingerprint density at radius 2 is 1.84 bits per heavy atom. The predicted octanol–water partition coefficient (Wildman–Crippen LogP) is 3.90. The van der Waals surface area contributed by atoms with E-state index >= 15 is 0 Å². The molecule has 0 saturated carbocycles. The van der Waals surface area contributed by atoms with Crippen LogP contribution in [0.3, 0.4) is 0 Å². The van der Waals surface area contributed by atoms with Gasteiger partial charge in [-0.1, -0.05) is 18.2 Å². The first-order valence-electron chi connectivity index (χ1n) is 5.91. The van der Waals surface area contributed by atoms with E-state index in [9.17, 15) is 8.78 Å². The number of aromatic nitrogens is 1. The summed E-state index contributed by atoms with van der Waals surface area (Å²) in [5.41, 5.74) is 0.951. The number of halogens is 2. The minimum absolute atomic E-state index is 0.0723. The van der Waals surface area contributed by atoms with Gasteiger partial charge in [-0.05, 0) is 35.2 Å². The van der Waals surface area contributed by atoms with Crippen molar-refractivity contribution in [3.8, 4) is 0 Å². The normalized spacial score (nSPS) is 10.8. The third kappa shape index (κ3) is 2.19. The zero-order chi connectivity index (χ0) is 13.2. The summed E-state index contributed by atoms with van der Waals surface area (Å²) in [7, 11) is 0. The van der Waals surface area contributed by atoms with Gasteiger partial charge in [-0.15, -0.1) is 0 Å². The Morgan fingerprint density at radius 3 is 2.63 bits per heavy atom. The Kier molecular flexibility index (Phi) is 2.95. The number of pyridine rings is 1. The van der Waals surface area contributed by atoms with Crippen LogP contribution in [0.15, 0.2) is 48.8 Å². The highest BCUT2D eigenvalue weighted by Crippen LogP contribution is 2.23. The van der Waals surface area contributed by atoms with Crippen molar-refractivity contribution >= 4 is 10.8 Å². The lowest BCUT2D eigenvalue weighted by atomic mass is 9.99. The second kappa shape index (κ2) is 4.76. The van der Waals surface area contributed by atoms with Crippen molar-refractivity contribution in [2.45, 2.75) is 6.42 Å². The van der Waals surface area contributed by atoms with Gasteiger partial charge in [0.15, 0.2) is 0 Å². The van der Waals surface area contributed by atoms with Crippen LogP contribution in [0.5, 0.6) is 0 Å². The van der Waals surface area contributed by atoms with Crippen molar-refractivity contribution in [3.63, 3.8) is 0 Å². The van der Waals surface area contributed by atoms with Gasteiger partial charge in [0.2, 0.25) is 0 Å². The first-order valence-corrected chi connectivity index (χ1v) is 5.91. The zero-order valence-corrected chi connectivity index (χ0v) is 10.0. The molecule has 0 bridgehead atoms. The molecule has 0 aliphatic heterocycles. The lowest BCUT2D eigenvalue weighted by molar-refractivity contribution is 0.561. The third-order valence-electron chi connectivity index (χ3n) is 3.13. The molecule has 0 N–H and O–H groups in total. The van der Waals surface area contributed by atoms with Gasteiger partial charge in [0, 0.05) is 29.8 Å². The van der Waals surface area contributed by atoms with Crippen molar-refractivity contribution in [1.82, 2.24) is 4.98 Å².